The molecule has 158 valence electrons. The summed E-state index contributed by atoms with van der Waals surface area (Å²) in [6, 6.07) is 4.92. The summed E-state index contributed by atoms with van der Waals surface area (Å²) in [6.07, 6.45) is 8.64. The third kappa shape index (κ3) is 6.99. The van der Waals surface area contributed by atoms with Gasteiger partial charge >= 0.3 is 0 Å². The summed E-state index contributed by atoms with van der Waals surface area (Å²) in [4.78, 5) is 8.49. The molecule has 1 aliphatic heterocycles. The minimum atomic E-state index is -2.89. The minimum absolute atomic E-state index is 0.350. The van der Waals surface area contributed by atoms with Crippen LogP contribution >= 0.6 is 0 Å². The van der Waals surface area contributed by atoms with Crippen LogP contribution in [0.2, 0.25) is 0 Å². The number of rotatable bonds is 9. The Morgan fingerprint density at radius 2 is 1.75 bits per heavy atom. The number of hydrogen-bond donors (Lipinski definition) is 0. The number of sulfone groups is 1. The van der Waals surface area contributed by atoms with E-state index in [-0.39, 0.29) is 0 Å². The summed E-state index contributed by atoms with van der Waals surface area (Å²) >= 11 is 0. The maximum atomic E-state index is 13.3. The van der Waals surface area contributed by atoms with Crippen molar-refractivity contribution in [3.63, 3.8) is 0 Å². The molecular formula is C21H34FN3O2S. The van der Waals surface area contributed by atoms with Gasteiger partial charge in [0, 0.05) is 26.2 Å². The number of unbranched alkanes of at least 4 members (excludes halogenated alkanes) is 2. The molecule has 1 saturated heterocycles. The molecule has 1 aliphatic carbocycles. The van der Waals surface area contributed by atoms with Crippen LogP contribution in [0.4, 0.5) is 10.2 Å². The largest absolute Gasteiger partial charge is 0.354 e. The van der Waals surface area contributed by atoms with Gasteiger partial charge in [0.15, 0.2) is 9.84 Å². The van der Waals surface area contributed by atoms with E-state index in [9.17, 15) is 12.8 Å². The molecule has 2 fully saturated rings. The molecule has 0 spiro atoms. The van der Waals surface area contributed by atoms with Crippen molar-refractivity contribution < 1.29 is 12.8 Å². The molecule has 7 heteroatoms. The molecule has 0 aromatic carbocycles. The first kappa shape index (κ1) is 21.5. The van der Waals surface area contributed by atoms with Crippen molar-refractivity contribution >= 4 is 15.7 Å². The monoisotopic (exact) mass is 410 g/mol. The van der Waals surface area contributed by atoms with Gasteiger partial charge in [-0.2, -0.15) is 4.39 Å². The fourth-order valence-corrected chi connectivity index (χ4v) is 6.27. The Kier molecular flexibility index (Phi) is 8.09. The Balaban J connectivity index is 1.28. The van der Waals surface area contributed by atoms with E-state index < -0.39 is 15.8 Å². The Bertz CT molecular complexity index is 699. The molecule has 0 bridgehead atoms. The molecule has 1 aromatic heterocycles. The van der Waals surface area contributed by atoms with E-state index >= 15 is 0 Å². The van der Waals surface area contributed by atoms with Gasteiger partial charge in [0.1, 0.15) is 5.82 Å². The molecule has 0 unspecified atom stereocenters. The van der Waals surface area contributed by atoms with E-state index in [4.69, 9.17) is 0 Å². The maximum Gasteiger partial charge on any atom is 0.214 e. The number of hydrogen-bond acceptors (Lipinski definition) is 5. The molecule has 0 atom stereocenters. The molecule has 2 aliphatic rings. The predicted octanol–water partition coefficient (Wildman–Crippen LogP) is 3.51. The van der Waals surface area contributed by atoms with Crippen LogP contribution in [-0.2, 0) is 9.84 Å². The molecule has 0 amide bonds. The molecular weight excluding hydrogens is 376 g/mol. The van der Waals surface area contributed by atoms with Crippen LogP contribution in [0.15, 0.2) is 18.2 Å². The first-order valence-corrected chi connectivity index (χ1v) is 12.6. The highest BCUT2D eigenvalue weighted by molar-refractivity contribution is 7.91. The highest BCUT2D eigenvalue weighted by atomic mass is 32.2. The van der Waals surface area contributed by atoms with Gasteiger partial charge in [-0.05, 0) is 50.3 Å². The van der Waals surface area contributed by atoms with Gasteiger partial charge in [0.2, 0.25) is 5.95 Å². The summed E-state index contributed by atoms with van der Waals surface area (Å²) in [5.41, 5.74) is 0. The third-order valence-corrected chi connectivity index (χ3v) is 7.93. The summed E-state index contributed by atoms with van der Waals surface area (Å²) in [6.45, 7) is 4.60. The van der Waals surface area contributed by atoms with Crippen molar-refractivity contribution in [1.82, 2.24) is 9.88 Å². The zero-order valence-corrected chi connectivity index (χ0v) is 17.7. The van der Waals surface area contributed by atoms with Crippen molar-refractivity contribution in [3.8, 4) is 0 Å². The van der Waals surface area contributed by atoms with Gasteiger partial charge in [0.25, 0.3) is 0 Å². The lowest BCUT2D eigenvalue weighted by Crippen LogP contribution is -2.47. The van der Waals surface area contributed by atoms with Gasteiger partial charge in [0.05, 0.1) is 11.5 Å². The standard InChI is InChI=1S/C21H34FN3O2S/c22-20-10-7-11-21(23-20)25-15-13-24(14-16-25)12-5-2-6-17-28(26,27)18-19-8-3-1-4-9-19/h7,10-11,19H,1-6,8-9,12-18H2/i22-1. The molecule has 3 rings (SSSR count). The Hall–Kier alpha value is -1.21. The van der Waals surface area contributed by atoms with E-state index in [1.165, 1.54) is 25.3 Å². The number of aromatic nitrogens is 1. The number of halogens is 1. The molecule has 5 nitrogen and oxygen atoms in total. The van der Waals surface area contributed by atoms with Gasteiger partial charge in [-0.15, -0.1) is 0 Å². The first-order chi connectivity index (χ1) is 13.5. The first-order valence-electron chi connectivity index (χ1n) is 10.8. The van der Waals surface area contributed by atoms with Crippen molar-refractivity contribution in [2.24, 2.45) is 5.92 Å². The predicted molar refractivity (Wildman–Crippen MR) is 112 cm³/mol. The highest BCUT2D eigenvalue weighted by Crippen LogP contribution is 2.25. The number of pyridine rings is 1. The molecule has 1 saturated carbocycles. The molecule has 0 radical (unpaired) electrons. The van der Waals surface area contributed by atoms with Crippen LogP contribution in [0.5, 0.6) is 0 Å². The van der Waals surface area contributed by atoms with E-state index in [0.717, 1.165) is 64.8 Å². The normalized spacial score (nSPS) is 19.8. The Labute approximate surface area is 169 Å². The van der Waals surface area contributed by atoms with Gasteiger partial charge in [-0.3, -0.25) is 4.90 Å². The number of anilines is 1. The lowest BCUT2D eigenvalue weighted by atomic mass is 9.91. The zero-order valence-electron chi connectivity index (χ0n) is 16.9. The van der Waals surface area contributed by atoms with E-state index in [0.29, 0.717) is 23.2 Å². The van der Waals surface area contributed by atoms with Crippen LogP contribution < -0.4 is 4.90 Å². The fourth-order valence-electron chi connectivity index (χ4n) is 4.40. The topological polar surface area (TPSA) is 53.5 Å². The number of piperazine rings is 1. The summed E-state index contributed by atoms with van der Waals surface area (Å²) in [5, 5.41) is 0. The van der Waals surface area contributed by atoms with Crippen molar-refractivity contribution in [3.05, 3.63) is 24.1 Å². The summed E-state index contributed by atoms with van der Waals surface area (Å²) in [7, 11) is -2.89. The van der Waals surface area contributed by atoms with Crippen LogP contribution in [-0.4, -0.2) is 62.5 Å². The van der Waals surface area contributed by atoms with Crippen LogP contribution in [0.1, 0.15) is 51.4 Å². The summed E-state index contributed by atoms with van der Waals surface area (Å²) in [5.74, 6) is 1.44. The van der Waals surface area contributed by atoms with Crippen LogP contribution in [0, 0.1) is 11.9 Å². The van der Waals surface area contributed by atoms with E-state index in [1.807, 2.05) is 6.07 Å². The molecule has 2 heterocycles. The lowest BCUT2D eigenvalue weighted by Gasteiger charge is -2.35. The molecule has 1 aromatic rings. The Morgan fingerprint density at radius 1 is 1.00 bits per heavy atom. The zero-order chi connectivity index (χ0) is 19.8. The fraction of sp³-hybridized carbons (Fsp3) is 0.762. The Morgan fingerprint density at radius 3 is 2.46 bits per heavy atom. The van der Waals surface area contributed by atoms with Crippen molar-refractivity contribution in [2.75, 3.05) is 49.1 Å². The summed E-state index contributed by atoms with van der Waals surface area (Å²) < 4.78 is 37.9. The smallest absolute Gasteiger partial charge is 0.214 e. The SMILES string of the molecule is O=S(=O)(CCCCCN1CCN(c2cccc([18F])n2)CC1)CC1CCCCC1. The van der Waals surface area contributed by atoms with Crippen LogP contribution in [0.25, 0.3) is 0 Å². The molecule has 0 N–H and O–H groups in total. The second kappa shape index (κ2) is 10.5. The van der Waals surface area contributed by atoms with Crippen molar-refractivity contribution in [2.45, 2.75) is 51.4 Å². The lowest BCUT2D eigenvalue weighted by molar-refractivity contribution is 0.252. The minimum Gasteiger partial charge on any atom is -0.354 e. The second-order valence-electron chi connectivity index (χ2n) is 8.33. The molecule has 28 heavy (non-hydrogen) atoms. The van der Waals surface area contributed by atoms with E-state index in [1.54, 1.807) is 6.07 Å². The number of nitrogens with zero attached hydrogens (tertiary/aromatic N) is 3. The third-order valence-electron chi connectivity index (χ3n) is 6.04. The van der Waals surface area contributed by atoms with Crippen LogP contribution in [0.3, 0.4) is 0 Å². The second-order valence-corrected chi connectivity index (χ2v) is 10.6. The van der Waals surface area contributed by atoms with E-state index in [2.05, 4.69) is 14.8 Å². The van der Waals surface area contributed by atoms with Gasteiger partial charge in [-0.1, -0.05) is 31.7 Å². The van der Waals surface area contributed by atoms with Crippen molar-refractivity contribution in [1.29, 1.82) is 0 Å². The highest BCUT2D eigenvalue weighted by Gasteiger charge is 2.21. The average molecular weight is 411 g/mol. The van der Waals surface area contributed by atoms with Gasteiger partial charge < -0.3 is 4.90 Å². The maximum absolute atomic E-state index is 13.3. The van der Waals surface area contributed by atoms with Gasteiger partial charge in [-0.25, -0.2) is 13.4 Å². The average Bonchev–Trinajstić information content (AvgIpc) is 2.68. The quantitative estimate of drug-likeness (QED) is 0.461.